The molecule has 78 valence electrons. The minimum atomic E-state index is -4.51. The van der Waals surface area contributed by atoms with Crippen molar-refractivity contribution in [3.05, 3.63) is 29.6 Å². The summed E-state index contributed by atoms with van der Waals surface area (Å²) in [6, 6.07) is 1.11. The van der Waals surface area contributed by atoms with E-state index in [-0.39, 0.29) is 12.1 Å². The predicted octanol–water partition coefficient (Wildman–Crippen LogP) is 1.09. The first-order valence-electron chi connectivity index (χ1n) is 3.86. The molecule has 0 saturated carbocycles. The third kappa shape index (κ3) is 2.21. The zero-order valence-electron chi connectivity index (χ0n) is 7.12. The van der Waals surface area contributed by atoms with E-state index in [1.54, 1.807) is 0 Å². The van der Waals surface area contributed by atoms with E-state index in [0.717, 1.165) is 6.07 Å². The molecular formula is C8H9F3N2O. The molecule has 0 amide bonds. The molecule has 0 spiro atoms. The van der Waals surface area contributed by atoms with E-state index in [0.29, 0.717) is 6.20 Å². The van der Waals surface area contributed by atoms with Crippen molar-refractivity contribution < 1.29 is 18.3 Å². The summed E-state index contributed by atoms with van der Waals surface area (Å²) in [5.74, 6) is 0. The molecule has 1 atom stereocenters. The maximum absolute atomic E-state index is 12.4. The van der Waals surface area contributed by atoms with Crippen LogP contribution in [0.4, 0.5) is 13.2 Å². The van der Waals surface area contributed by atoms with Crippen LogP contribution in [0.3, 0.4) is 0 Å². The van der Waals surface area contributed by atoms with Crippen LogP contribution >= 0.6 is 0 Å². The third-order valence-corrected chi connectivity index (χ3v) is 1.74. The molecule has 0 fully saturated rings. The topological polar surface area (TPSA) is 59.1 Å². The van der Waals surface area contributed by atoms with Gasteiger partial charge in [-0.3, -0.25) is 4.98 Å². The lowest BCUT2D eigenvalue weighted by Gasteiger charge is -2.15. The second kappa shape index (κ2) is 3.93. The van der Waals surface area contributed by atoms with Crippen LogP contribution in [-0.4, -0.2) is 16.6 Å². The van der Waals surface area contributed by atoms with Crippen molar-refractivity contribution in [2.75, 3.05) is 6.54 Å². The Hall–Kier alpha value is -1.14. The minimum Gasteiger partial charge on any atom is -0.387 e. The van der Waals surface area contributed by atoms with Crippen molar-refractivity contribution in [2.45, 2.75) is 12.3 Å². The zero-order chi connectivity index (χ0) is 10.8. The van der Waals surface area contributed by atoms with E-state index >= 15 is 0 Å². The molecule has 0 saturated heterocycles. The normalized spacial score (nSPS) is 14.1. The van der Waals surface area contributed by atoms with E-state index in [1.807, 2.05) is 0 Å². The van der Waals surface area contributed by atoms with Crippen LogP contribution in [0.25, 0.3) is 0 Å². The van der Waals surface area contributed by atoms with Gasteiger partial charge in [0, 0.05) is 18.9 Å². The second-order valence-electron chi connectivity index (χ2n) is 2.71. The summed E-state index contributed by atoms with van der Waals surface area (Å²) in [6.45, 7) is -0.257. The molecule has 0 bridgehead atoms. The van der Waals surface area contributed by atoms with Crippen LogP contribution in [0.2, 0.25) is 0 Å². The Bertz CT molecular complexity index is 314. The monoisotopic (exact) mass is 206 g/mol. The van der Waals surface area contributed by atoms with Gasteiger partial charge in [-0.15, -0.1) is 0 Å². The lowest BCUT2D eigenvalue weighted by atomic mass is 10.0. The SMILES string of the molecule is NCC(O)c1ccncc1C(F)(F)F. The Labute approximate surface area is 78.4 Å². The molecule has 3 N–H and O–H groups in total. The Morgan fingerprint density at radius 1 is 1.50 bits per heavy atom. The fraction of sp³-hybridized carbons (Fsp3) is 0.375. The van der Waals surface area contributed by atoms with Gasteiger partial charge >= 0.3 is 6.18 Å². The Kier molecular flexibility index (Phi) is 3.07. The molecule has 14 heavy (non-hydrogen) atoms. The molecule has 0 aromatic carbocycles. The number of aromatic nitrogens is 1. The Balaban J connectivity index is 3.16. The van der Waals surface area contributed by atoms with Crippen LogP contribution in [0, 0.1) is 0 Å². The minimum absolute atomic E-state index is 0.241. The second-order valence-corrected chi connectivity index (χ2v) is 2.71. The highest BCUT2D eigenvalue weighted by Gasteiger charge is 2.34. The number of hydrogen-bond donors (Lipinski definition) is 2. The van der Waals surface area contributed by atoms with Crippen LogP contribution in [-0.2, 0) is 6.18 Å². The highest BCUT2D eigenvalue weighted by atomic mass is 19.4. The molecule has 1 aromatic heterocycles. The van der Waals surface area contributed by atoms with Gasteiger partial charge in [0.15, 0.2) is 0 Å². The van der Waals surface area contributed by atoms with E-state index in [4.69, 9.17) is 5.73 Å². The number of nitrogens with two attached hydrogens (primary N) is 1. The standard InChI is InChI=1S/C8H9F3N2O/c9-8(10,11)6-4-13-2-1-5(6)7(14)3-12/h1-2,4,7,14H,3,12H2. The Morgan fingerprint density at radius 3 is 2.64 bits per heavy atom. The van der Waals surface area contributed by atoms with E-state index in [1.165, 1.54) is 6.20 Å². The van der Waals surface area contributed by atoms with Crippen molar-refractivity contribution in [2.24, 2.45) is 5.73 Å². The number of aliphatic hydroxyl groups is 1. The number of rotatable bonds is 2. The van der Waals surface area contributed by atoms with Gasteiger partial charge in [0.05, 0.1) is 11.7 Å². The fourth-order valence-electron chi connectivity index (χ4n) is 1.06. The summed E-state index contributed by atoms with van der Waals surface area (Å²) in [7, 11) is 0. The van der Waals surface area contributed by atoms with Gasteiger partial charge in [-0.1, -0.05) is 0 Å². The first-order chi connectivity index (χ1) is 6.46. The van der Waals surface area contributed by atoms with Crippen molar-refractivity contribution in [3.8, 4) is 0 Å². The highest BCUT2D eigenvalue weighted by Crippen LogP contribution is 2.33. The molecule has 0 aliphatic heterocycles. The van der Waals surface area contributed by atoms with Crippen LogP contribution in [0.5, 0.6) is 0 Å². The number of halogens is 3. The molecule has 1 rings (SSSR count). The average Bonchev–Trinajstić information content (AvgIpc) is 2.15. The van der Waals surface area contributed by atoms with E-state index < -0.39 is 17.8 Å². The molecular weight excluding hydrogens is 197 g/mol. The quantitative estimate of drug-likeness (QED) is 0.761. The highest BCUT2D eigenvalue weighted by molar-refractivity contribution is 5.28. The smallest absolute Gasteiger partial charge is 0.387 e. The number of alkyl halides is 3. The zero-order valence-corrected chi connectivity index (χ0v) is 7.12. The van der Waals surface area contributed by atoms with Gasteiger partial charge < -0.3 is 10.8 Å². The fourth-order valence-corrected chi connectivity index (χ4v) is 1.06. The number of nitrogens with zero attached hydrogens (tertiary/aromatic N) is 1. The van der Waals surface area contributed by atoms with Crippen molar-refractivity contribution >= 4 is 0 Å². The maximum atomic E-state index is 12.4. The van der Waals surface area contributed by atoms with Gasteiger partial charge in [0.25, 0.3) is 0 Å². The van der Waals surface area contributed by atoms with Crippen LogP contribution < -0.4 is 5.73 Å². The van der Waals surface area contributed by atoms with Gasteiger partial charge in [0.1, 0.15) is 0 Å². The summed E-state index contributed by atoms with van der Waals surface area (Å²) in [5.41, 5.74) is 3.89. The van der Waals surface area contributed by atoms with Gasteiger partial charge in [-0.25, -0.2) is 0 Å². The van der Waals surface area contributed by atoms with E-state index in [2.05, 4.69) is 4.98 Å². The molecule has 6 heteroatoms. The largest absolute Gasteiger partial charge is 0.418 e. The summed E-state index contributed by atoms with van der Waals surface area (Å²) in [6.07, 6.45) is -3.97. The lowest BCUT2D eigenvalue weighted by molar-refractivity contribution is -0.139. The van der Waals surface area contributed by atoms with Crippen molar-refractivity contribution in [3.63, 3.8) is 0 Å². The molecule has 0 aliphatic rings. The lowest BCUT2D eigenvalue weighted by Crippen LogP contribution is -2.17. The molecule has 3 nitrogen and oxygen atoms in total. The summed E-state index contributed by atoms with van der Waals surface area (Å²) >= 11 is 0. The maximum Gasteiger partial charge on any atom is 0.418 e. The molecule has 0 radical (unpaired) electrons. The van der Waals surface area contributed by atoms with Gasteiger partial charge in [-0.2, -0.15) is 13.2 Å². The predicted molar refractivity (Wildman–Crippen MR) is 43.3 cm³/mol. The van der Waals surface area contributed by atoms with Crippen LogP contribution in [0.15, 0.2) is 18.5 Å². The number of hydrogen-bond acceptors (Lipinski definition) is 3. The van der Waals surface area contributed by atoms with E-state index in [9.17, 15) is 18.3 Å². The number of pyridine rings is 1. The summed E-state index contributed by atoms with van der Waals surface area (Å²) in [4.78, 5) is 3.36. The third-order valence-electron chi connectivity index (χ3n) is 1.74. The first kappa shape index (κ1) is 10.9. The molecule has 1 unspecified atom stereocenters. The van der Waals surface area contributed by atoms with Gasteiger partial charge in [0.2, 0.25) is 0 Å². The Morgan fingerprint density at radius 2 is 2.14 bits per heavy atom. The van der Waals surface area contributed by atoms with Crippen molar-refractivity contribution in [1.82, 2.24) is 4.98 Å². The average molecular weight is 206 g/mol. The molecule has 1 aromatic rings. The van der Waals surface area contributed by atoms with Crippen LogP contribution in [0.1, 0.15) is 17.2 Å². The summed E-state index contributed by atoms with van der Waals surface area (Å²) in [5, 5.41) is 9.22. The number of aliphatic hydroxyl groups excluding tert-OH is 1. The summed E-state index contributed by atoms with van der Waals surface area (Å²) < 4.78 is 37.1. The first-order valence-corrected chi connectivity index (χ1v) is 3.86. The molecule has 0 aliphatic carbocycles. The van der Waals surface area contributed by atoms with Crippen molar-refractivity contribution in [1.29, 1.82) is 0 Å². The van der Waals surface area contributed by atoms with Gasteiger partial charge in [-0.05, 0) is 11.6 Å². The molecule has 1 heterocycles.